The fraction of sp³-hybridized carbons (Fsp3) is 0.765. The second-order valence-electron chi connectivity index (χ2n) is 6.95. The summed E-state index contributed by atoms with van der Waals surface area (Å²) in [5.41, 5.74) is 11.2. The fourth-order valence-corrected chi connectivity index (χ4v) is 2.60. The summed E-state index contributed by atoms with van der Waals surface area (Å²) in [4.78, 5) is 47.9. The molecule has 0 aliphatic carbocycles. The average Bonchev–Trinajstić information content (AvgIpc) is 2.67. The van der Waals surface area contributed by atoms with Crippen molar-refractivity contribution in [2.45, 2.75) is 57.3 Å². The van der Waals surface area contributed by atoms with E-state index in [1.165, 1.54) is 0 Å². The normalized spacial score (nSPS) is 15.1. The molecule has 12 heteroatoms. The van der Waals surface area contributed by atoms with Crippen molar-refractivity contribution in [3.63, 3.8) is 0 Å². The second kappa shape index (κ2) is 14.1. The molecule has 0 radical (unpaired) electrons. The molecule has 4 atom stereocenters. The van der Waals surface area contributed by atoms with E-state index in [-0.39, 0.29) is 5.75 Å². The molecule has 0 aromatic carbocycles. The standard InChI is InChI=1S/C17H33N5O6S/c1-9(2)13(17(27)28)22-15(25)11(7-23)20-16(26)12(8-29)21-14(24)10(19)5-3-4-6-18/h9-13,23,29H,3-8,18-19H2,1-2H3,(H,20,26)(H,21,24)(H,22,25)(H,27,28). The summed E-state index contributed by atoms with van der Waals surface area (Å²) >= 11 is 4.02. The van der Waals surface area contributed by atoms with Gasteiger partial charge in [-0.05, 0) is 25.3 Å². The molecule has 0 aliphatic heterocycles. The van der Waals surface area contributed by atoms with Crippen molar-refractivity contribution in [1.82, 2.24) is 16.0 Å². The lowest BCUT2D eigenvalue weighted by Crippen LogP contribution is -2.59. The van der Waals surface area contributed by atoms with Crippen LogP contribution >= 0.6 is 12.6 Å². The number of hydrogen-bond acceptors (Lipinski definition) is 8. The smallest absolute Gasteiger partial charge is 0.326 e. The number of aliphatic hydroxyl groups excluding tert-OH is 1. The molecule has 0 saturated heterocycles. The van der Waals surface area contributed by atoms with Crippen LogP contribution in [0.2, 0.25) is 0 Å². The van der Waals surface area contributed by atoms with Crippen molar-refractivity contribution in [3.05, 3.63) is 0 Å². The van der Waals surface area contributed by atoms with Crippen LogP contribution in [0.5, 0.6) is 0 Å². The van der Waals surface area contributed by atoms with E-state index in [1.54, 1.807) is 13.8 Å². The topological polar surface area (TPSA) is 197 Å². The average molecular weight is 436 g/mol. The predicted octanol–water partition coefficient (Wildman–Crippen LogP) is -2.44. The maximum atomic E-state index is 12.4. The quantitative estimate of drug-likeness (QED) is 0.109. The zero-order valence-corrected chi connectivity index (χ0v) is 17.7. The van der Waals surface area contributed by atoms with Crippen LogP contribution < -0.4 is 27.4 Å². The van der Waals surface area contributed by atoms with Crippen LogP contribution in [0.4, 0.5) is 0 Å². The molecule has 0 spiro atoms. The fourth-order valence-electron chi connectivity index (χ4n) is 2.35. The van der Waals surface area contributed by atoms with E-state index in [0.717, 1.165) is 6.42 Å². The van der Waals surface area contributed by atoms with E-state index in [0.29, 0.717) is 19.4 Å². The molecule has 0 bridgehead atoms. The summed E-state index contributed by atoms with van der Waals surface area (Å²) in [7, 11) is 0. The number of carboxylic acid groups (broad SMARTS) is 1. The molecule has 3 amide bonds. The van der Waals surface area contributed by atoms with E-state index < -0.39 is 60.4 Å². The predicted molar refractivity (Wildman–Crippen MR) is 110 cm³/mol. The Morgan fingerprint density at radius 2 is 1.52 bits per heavy atom. The zero-order valence-electron chi connectivity index (χ0n) is 16.8. The summed E-state index contributed by atoms with van der Waals surface area (Å²) < 4.78 is 0. The third-order valence-electron chi connectivity index (χ3n) is 4.17. The Morgan fingerprint density at radius 3 is 1.97 bits per heavy atom. The number of hydrogen-bond donors (Lipinski definition) is 8. The molecular formula is C17H33N5O6S. The van der Waals surface area contributed by atoms with Gasteiger partial charge in [0.15, 0.2) is 0 Å². The summed E-state index contributed by atoms with van der Waals surface area (Å²) in [5, 5.41) is 25.6. The number of carbonyl (C=O) groups excluding carboxylic acids is 3. The third kappa shape index (κ3) is 9.92. The van der Waals surface area contributed by atoms with Gasteiger partial charge in [-0.3, -0.25) is 14.4 Å². The van der Waals surface area contributed by atoms with Crippen LogP contribution in [0.1, 0.15) is 33.1 Å². The van der Waals surface area contributed by atoms with Crippen molar-refractivity contribution in [2.24, 2.45) is 17.4 Å². The summed E-state index contributed by atoms with van der Waals surface area (Å²) in [6.45, 7) is 2.94. The molecular weight excluding hydrogens is 402 g/mol. The van der Waals surface area contributed by atoms with Crippen LogP contribution in [-0.2, 0) is 19.2 Å². The van der Waals surface area contributed by atoms with Crippen LogP contribution in [0.15, 0.2) is 0 Å². The van der Waals surface area contributed by atoms with Gasteiger partial charge in [0, 0.05) is 5.75 Å². The number of amides is 3. The van der Waals surface area contributed by atoms with Gasteiger partial charge in [0.1, 0.15) is 18.1 Å². The van der Waals surface area contributed by atoms with Gasteiger partial charge in [0.25, 0.3) is 0 Å². The summed E-state index contributed by atoms with van der Waals surface area (Å²) in [6.07, 6.45) is 1.78. The monoisotopic (exact) mass is 435 g/mol. The minimum atomic E-state index is -1.39. The highest BCUT2D eigenvalue weighted by atomic mass is 32.1. The first kappa shape index (κ1) is 27.1. The Hall–Kier alpha value is -1.89. The first-order chi connectivity index (χ1) is 13.6. The van der Waals surface area contributed by atoms with Gasteiger partial charge in [-0.25, -0.2) is 4.79 Å². The highest BCUT2D eigenvalue weighted by molar-refractivity contribution is 7.80. The molecule has 0 aliphatic rings. The van der Waals surface area contributed by atoms with Crippen LogP contribution in [0.25, 0.3) is 0 Å². The zero-order chi connectivity index (χ0) is 22.6. The van der Waals surface area contributed by atoms with Gasteiger partial charge in [-0.2, -0.15) is 12.6 Å². The summed E-state index contributed by atoms with van der Waals surface area (Å²) in [5.74, 6) is -3.88. The Kier molecular flexibility index (Phi) is 13.2. The molecule has 4 unspecified atom stereocenters. The highest BCUT2D eigenvalue weighted by Crippen LogP contribution is 2.03. The molecule has 0 rings (SSSR count). The number of aliphatic carboxylic acids is 1. The van der Waals surface area contributed by atoms with Gasteiger partial charge in [-0.15, -0.1) is 0 Å². The Bertz CT molecular complexity index is 562. The second-order valence-corrected chi connectivity index (χ2v) is 7.31. The number of nitrogens with one attached hydrogen (secondary N) is 3. The van der Waals surface area contributed by atoms with Crippen molar-refractivity contribution in [2.75, 3.05) is 18.9 Å². The Balaban J connectivity index is 4.88. The van der Waals surface area contributed by atoms with E-state index in [4.69, 9.17) is 16.6 Å². The largest absolute Gasteiger partial charge is 0.480 e. The number of carboxylic acids is 1. The molecule has 0 aromatic heterocycles. The number of carbonyl (C=O) groups is 4. The van der Waals surface area contributed by atoms with Crippen molar-refractivity contribution < 1.29 is 29.4 Å². The maximum absolute atomic E-state index is 12.4. The lowest BCUT2D eigenvalue weighted by atomic mass is 10.0. The minimum Gasteiger partial charge on any atom is -0.480 e. The molecule has 0 fully saturated rings. The molecule has 0 heterocycles. The van der Waals surface area contributed by atoms with E-state index in [9.17, 15) is 24.3 Å². The van der Waals surface area contributed by atoms with E-state index >= 15 is 0 Å². The van der Waals surface area contributed by atoms with Crippen LogP contribution in [-0.4, -0.2) is 77.0 Å². The number of nitrogens with two attached hydrogens (primary N) is 2. The maximum Gasteiger partial charge on any atom is 0.326 e. The first-order valence-corrected chi connectivity index (χ1v) is 10.0. The van der Waals surface area contributed by atoms with Crippen LogP contribution in [0.3, 0.4) is 0 Å². The van der Waals surface area contributed by atoms with Crippen molar-refractivity contribution >= 4 is 36.3 Å². The molecule has 29 heavy (non-hydrogen) atoms. The van der Waals surface area contributed by atoms with Crippen molar-refractivity contribution in [3.8, 4) is 0 Å². The number of thiol groups is 1. The number of aliphatic hydroxyl groups is 1. The summed E-state index contributed by atoms with van der Waals surface area (Å²) in [6, 6.07) is -4.48. The van der Waals surface area contributed by atoms with Gasteiger partial charge < -0.3 is 37.6 Å². The number of unbranched alkanes of at least 4 members (excludes halogenated alkanes) is 1. The van der Waals surface area contributed by atoms with Gasteiger partial charge in [0.05, 0.1) is 12.6 Å². The number of rotatable bonds is 14. The minimum absolute atomic E-state index is 0.0728. The van der Waals surface area contributed by atoms with Crippen molar-refractivity contribution in [1.29, 1.82) is 0 Å². The third-order valence-corrected chi connectivity index (χ3v) is 4.53. The molecule has 168 valence electrons. The molecule has 0 aromatic rings. The van der Waals surface area contributed by atoms with Gasteiger partial charge >= 0.3 is 5.97 Å². The lowest BCUT2D eigenvalue weighted by Gasteiger charge is -2.24. The van der Waals surface area contributed by atoms with E-state index in [2.05, 4.69) is 28.6 Å². The van der Waals surface area contributed by atoms with Gasteiger partial charge in [0.2, 0.25) is 17.7 Å². The lowest BCUT2D eigenvalue weighted by molar-refractivity contribution is -0.143. The van der Waals surface area contributed by atoms with Gasteiger partial charge in [-0.1, -0.05) is 20.3 Å². The van der Waals surface area contributed by atoms with E-state index in [1.807, 2.05) is 0 Å². The first-order valence-electron chi connectivity index (χ1n) is 9.40. The molecule has 0 saturated carbocycles. The van der Waals surface area contributed by atoms with Crippen LogP contribution in [0, 0.1) is 5.92 Å². The molecule has 11 nitrogen and oxygen atoms in total. The Labute approximate surface area is 175 Å². The molecule has 9 N–H and O–H groups in total. The highest BCUT2D eigenvalue weighted by Gasteiger charge is 2.30. The SMILES string of the molecule is CC(C)C(NC(=O)C(CO)NC(=O)C(CS)NC(=O)C(N)CCCCN)C(=O)O. The Morgan fingerprint density at radius 1 is 0.966 bits per heavy atom.